The van der Waals surface area contributed by atoms with E-state index in [2.05, 4.69) is 0 Å². The van der Waals surface area contributed by atoms with Crippen LogP contribution >= 0.6 is 8.46 Å². The van der Waals surface area contributed by atoms with Crippen molar-refractivity contribution in [1.29, 1.82) is 0 Å². The zero-order valence-corrected chi connectivity index (χ0v) is 10.9. The third-order valence-electron chi connectivity index (χ3n) is 4.55. The zero-order valence-electron chi connectivity index (χ0n) is 9.79. The van der Waals surface area contributed by atoms with Gasteiger partial charge in [0.2, 0.25) is 0 Å². The molecule has 0 saturated heterocycles. The minimum absolute atomic E-state index is 0.526. The third-order valence-corrected chi connectivity index (χ3v) is 5.95. The van der Waals surface area contributed by atoms with E-state index in [4.69, 9.17) is 0 Å². The Morgan fingerprint density at radius 3 is 1.47 bits per heavy atom. The lowest BCUT2D eigenvalue weighted by atomic mass is 9.77. The standard InChI is InChI=1S/C13H25OP/c14-15-13(11-7-3-1-4-8-11)12-9-5-2-6-10-12/h11-13H,1-10,15H2. The molecule has 88 valence electrons. The summed E-state index contributed by atoms with van der Waals surface area (Å²) in [6.45, 7) is 0. The van der Waals surface area contributed by atoms with E-state index in [1.54, 1.807) is 0 Å². The Labute approximate surface area is 95.2 Å². The van der Waals surface area contributed by atoms with Crippen LogP contribution in [0.3, 0.4) is 0 Å². The molecule has 2 fully saturated rings. The number of rotatable bonds is 3. The lowest BCUT2D eigenvalue weighted by Gasteiger charge is -2.34. The summed E-state index contributed by atoms with van der Waals surface area (Å²) < 4.78 is 11.5. The minimum Gasteiger partial charge on any atom is -0.330 e. The van der Waals surface area contributed by atoms with Gasteiger partial charge >= 0.3 is 0 Å². The largest absolute Gasteiger partial charge is 0.330 e. The maximum atomic E-state index is 11.5. The van der Waals surface area contributed by atoms with E-state index in [-0.39, 0.29) is 0 Å². The molecule has 1 unspecified atom stereocenters. The summed E-state index contributed by atoms with van der Waals surface area (Å²) in [5.41, 5.74) is 0.616. The van der Waals surface area contributed by atoms with Gasteiger partial charge in [-0.3, -0.25) is 0 Å². The number of hydrogen-bond donors (Lipinski definition) is 0. The molecule has 1 atom stereocenters. The Morgan fingerprint density at radius 1 is 0.733 bits per heavy atom. The fourth-order valence-corrected chi connectivity index (χ4v) is 4.86. The highest BCUT2D eigenvalue weighted by molar-refractivity contribution is 7.24. The molecule has 1 nitrogen and oxygen atoms in total. The fourth-order valence-electron chi connectivity index (χ4n) is 3.65. The quantitative estimate of drug-likeness (QED) is 0.659. The maximum absolute atomic E-state index is 11.5. The van der Waals surface area contributed by atoms with Gasteiger partial charge in [-0.05, 0) is 37.5 Å². The minimum atomic E-state index is -0.526. The van der Waals surface area contributed by atoms with Crippen molar-refractivity contribution in [2.24, 2.45) is 11.8 Å². The molecule has 0 radical (unpaired) electrons. The van der Waals surface area contributed by atoms with Crippen LogP contribution in [0.2, 0.25) is 0 Å². The SMILES string of the molecule is O=[PH2]C(C1CCCCC1)C1CCCCC1. The summed E-state index contributed by atoms with van der Waals surface area (Å²) in [5.74, 6) is 1.66. The average Bonchev–Trinajstić information content (AvgIpc) is 2.33. The van der Waals surface area contributed by atoms with E-state index >= 15 is 0 Å². The highest BCUT2D eigenvalue weighted by atomic mass is 31.1. The average molecular weight is 228 g/mol. The molecule has 0 heterocycles. The summed E-state index contributed by atoms with van der Waals surface area (Å²) in [6.07, 6.45) is 13.9. The number of hydrogen-bond acceptors (Lipinski definition) is 1. The predicted octanol–water partition coefficient (Wildman–Crippen LogP) is 4.27. The van der Waals surface area contributed by atoms with E-state index < -0.39 is 8.46 Å². The van der Waals surface area contributed by atoms with Gasteiger partial charge in [0.1, 0.15) is 0 Å². The first-order valence-electron chi connectivity index (χ1n) is 6.87. The molecule has 0 aromatic heterocycles. The van der Waals surface area contributed by atoms with Gasteiger partial charge < -0.3 is 4.57 Å². The summed E-state index contributed by atoms with van der Waals surface area (Å²) in [4.78, 5) is 0. The van der Waals surface area contributed by atoms with Gasteiger partial charge in [0, 0.05) is 5.66 Å². The first-order valence-corrected chi connectivity index (χ1v) is 8.01. The van der Waals surface area contributed by atoms with Gasteiger partial charge in [-0.1, -0.05) is 38.5 Å². The molecule has 0 aromatic rings. The van der Waals surface area contributed by atoms with Crippen LogP contribution < -0.4 is 0 Å². The third kappa shape index (κ3) is 3.09. The van der Waals surface area contributed by atoms with Gasteiger partial charge in [0.25, 0.3) is 0 Å². The van der Waals surface area contributed by atoms with Gasteiger partial charge in [0.15, 0.2) is 0 Å². The molecule has 0 spiro atoms. The fraction of sp³-hybridized carbons (Fsp3) is 1.00. The molecule has 2 heteroatoms. The van der Waals surface area contributed by atoms with Crippen LogP contribution in [0, 0.1) is 11.8 Å². The van der Waals surface area contributed by atoms with E-state index in [0.29, 0.717) is 5.66 Å². The van der Waals surface area contributed by atoms with Crippen LogP contribution in [0.1, 0.15) is 64.2 Å². The van der Waals surface area contributed by atoms with Crippen molar-refractivity contribution in [3.63, 3.8) is 0 Å². The van der Waals surface area contributed by atoms with Crippen molar-refractivity contribution in [3.8, 4) is 0 Å². The Kier molecular flexibility index (Phi) is 4.75. The second kappa shape index (κ2) is 6.09. The molecular weight excluding hydrogens is 203 g/mol. The van der Waals surface area contributed by atoms with Gasteiger partial charge in [-0.25, -0.2) is 0 Å². The van der Waals surface area contributed by atoms with E-state index in [0.717, 1.165) is 11.8 Å². The second-order valence-electron chi connectivity index (χ2n) is 5.51. The first kappa shape index (κ1) is 11.7. The Hall–Kier alpha value is 0.230. The molecule has 15 heavy (non-hydrogen) atoms. The predicted molar refractivity (Wildman–Crippen MR) is 67.3 cm³/mol. The van der Waals surface area contributed by atoms with Crippen molar-refractivity contribution >= 4 is 8.46 Å². The smallest absolute Gasteiger partial charge is 0.0680 e. The summed E-state index contributed by atoms with van der Waals surface area (Å²) in [7, 11) is -0.526. The lowest BCUT2D eigenvalue weighted by Crippen LogP contribution is -2.27. The van der Waals surface area contributed by atoms with Crippen LogP contribution in [0.5, 0.6) is 0 Å². The Morgan fingerprint density at radius 2 is 1.13 bits per heavy atom. The Bertz CT molecular complexity index is 175. The van der Waals surface area contributed by atoms with Crippen LogP contribution in [0.4, 0.5) is 0 Å². The van der Waals surface area contributed by atoms with Gasteiger partial charge in [-0.2, -0.15) is 0 Å². The van der Waals surface area contributed by atoms with E-state index in [9.17, 15) is 4.57 Å². The molecule has 2 rings (SSSR count). The highest BCUT2D eigenvalue weighted by Gasteiger charge is 2.30. The molecule has 2 aliphatic rings. The van der Waals surface area contributed by atoms with Crippen LogP contribution in [-0.2, 0) is 4.57 Å². The molecule has 0 amide bonds. The van der Waals surface area contributed by atoms with Crippen molar-refractivity contribution in [2.45, 2.75) is 69.9 Å². The maximum Gasteiger partial charge on any atom is 0.0680 e. The molecule has 0 bridgehead atoms. The zero-order chi connectivity index (χ0) is 10.5. The van der Waals surface area contributed by atoms with Crippen molar-refractivity contribution < 1.29 is 4.57 Å². The van der Waals surface area contributed by atoms with Crippen LogP contribution in [0.15, 0.2) is 0 Å². The van der Waals surface area contributed by atoms with E-state index in [1.807, 2.05) is 0 Å². The molecular formula is C13H25OP. The molecule has 0 aromatic carbocycles. The summed E-state index contributed by atoms with van der Waals surface area (Å²) in [6, 6.07) is 0. The van der Waals surface area contributed by atoms with Gasteiger partial charge in [0.05, 0.1) is 8.46 Å². The van der Waals surface area contributed by atoms with Crippen molar-refractivity contribution in [2.75, 3.05) is 0 Å². The highest BCUT2D eigenvalue weighted by Crippen LogP contribution is 2.41. The van der Waals surface area contributed by atoms with Gasteiger partial charge in [-0.15, -0.1) is 0 Å². The topological polar surface area (TPSA) is 17.1 Å². The lowest BCUT2D eigenvalue weighted by molar-refractivity contribution is 0.251. The summed E-state index contributed by atoms with van der Waals surface area (Å²) in [5, 5.41) is 0. The first-order chi connectivity index (χ1) is 7.42. The molecule has 2 saturated carbocycles. The normalized spacial score (nSPS) is 26.7. The second-order valence-corrected chi connectivity index (χ2v) is 6.55. The van der Waals surface area contributed by atoms with E-state index in [1.165, 1.54) is 64.2 Å². The monoisotopic (exact) mass is 228 g/mol. The molecule has 0 N–H and O–H groups in total. The summed E-state index contributed by atoms with van der Waals surface area (Å²) >= 11 is 0. The van der Waals surface area contributed by atoms with Crippen LogP contribution in [-0.4, -0.2) is 5.66 Å². The Balaban J connectivity index is 1.91. The van der Waals surface area contributed by atoms with Crippen molar-refractivity contribution in [1.82, 2.24) is 0 Å². The van der Waals surface area contributed by atoms with Crippen molar-refractivity contribution in [3.05, 3.63) is 0 Å². The van der Waals surface area contributed by atoms with Crippen LogP contribution in [0.25, 0.3) is 0 Å². The molecule has 0 aliphatic heterocycles. The molecule has 2 aliphatic carbocycles.